The first-order valence-corrected chi connectivity index (χ1v) is 13.7. The summed E-state index contributed by atoms with van der Waals surface area (Å²) in [5.41, 5.74) is 2.62. The molecule has 1 amide bonds. The van der Waals surface area contributed by atoms with Gasteiger partial charge in [0.05, 0.1) is 34.6 Å². The van der Waals surface area contributed by atoms with E-state index in [1.54, 1.807) is 33.7 Å². The number of benzene rings is 2. The number of sulfone groups is 1. The Hall–Kier alpha value is -3.40. The number of ether oxygens (including phenoxy) is 1. The van der Waals surface area contributed by atoms with Crippen LogP contribution in [0.25, 0.3) is 11.0 Å². The van der Waals surface area contributed by atoms with E-state index in [9.17, 15) is 23.1 Å². The molecule has 1 saturated carbocycles. The molecule has 0 radical (unpaired) electrons. The maximum absolute atomic E-state index is 13.8. The fourth-order valence-corrected chi connectivity index (χ4v) is 7.07. The number of carboxylic acids is 1. The summed E-state index contributed by atoms with van der Waals surface area (Å²) in [6.45, 7) is 1.95. The third-order valence-electron chi connectivity index (χ3n) is 7.45. The van der Waals surface area contributed by atoms with Crippen LogP contribution >= 0.6 is 0 Å². The minimum Gasteiger partial charge on any atom is -0.481 e. The smallest absolute Gasteiger partial charge is 0.414 e. The van der Waals surface area contributed by atoms with Gasteiger partial charge in [-0.1, -0.05) is 24.6 Å². The summed E-state index contributed by atoms with van der Waals surface area (Å²) in [5.74, 6) is -1.40. The highest BCUT2D eigenvalue weighted by molar-refractivity contribution is 7.91. The zero-order valence-corrected chi connectivity index (χ0v) is 21.1. The van der Waals surface area contributed by atoms with Gasteiger partial charge in [-0.05, 0) is 63.3 Å². The van der Waals surface area contributed by atoms with Crippen molar-refractivity contribution >= 4 is 38.6 Å². The zero-order valence-electron chi connectivity index (χ0n) is 20.3. The predicted octanol–water partition coefficient (Wildman–Crippen LogP) is 4.59. The Balaban J connectivity index is 1.75. The number of hydrogen-bond acceptors (Lipinski definition) is 6. The maximum Gasteiger partial charge on any atom is 0.414 e. The lowest BCUT2D eigenvalue weighted by Gasteiger charge is -2.34. The number of amides is 1. The van der Waals surface area contributed by atoms with E-state index < -0.39 is 27.8 Å². The molecule has 2 heterocycles. The van der Waals surface area contributed by atoms with Crippen LogP contribution in [0.4, 0.5) is 10.5 Å². The number of carbonyl (C=O) groups is 2. The topological polar surface area (TPSA) is 119 Å². The highest BCUT2D eigenvalue weighted by Gasteiger charge is 2.37. The fraction of sp³-hybridized carbons (Fsp3) is 0.423. The molecular formula is C26H29N3O6S. The summed E-state index contributed by atoms with van der Waals surface area (Å²) in [6, 6.07) is 11.4. The number of anilines is 1. The molecule has 1 N–H and O–H groups in total. The molecule has 36 heavy (non-hydrogen) atoms. The second-order valence-electron chi connectivity index (χ2n) is 9.60. The molecule has 1 unspecified atom stereocenters. The molecule has 3 atom stereocenters. The van der Waals surface area contributed by atoms with Crippen LogP contribution in [0.1, 0.15) is 50.6 Å². The number of aryl methyl sites for hydroxylation is 1. The number of rotatable bonds is 4. The number of carbonyl (C=O) groups excluding carboxylic acids is 1. The van der Waals surface area contributed by atoms with E-state index >= 15 is 0 Å². The summed E-state index contributed by atoms with van der Waals surface area (Å²) < 4.78 is 34.4. The monoisotopic (exact) mass is 511 g/mol. The van der Waals surface area contributed by atoms with Gasteiger partial charge < -0.3 is 14.4 Å². The Morgan fingerprint density at radius 2 is 1.83 bits per heavy atom. The lowest BCUT2D eigenvalue weighted by Crippen LogP contribution is -2.42. The van der Waals surface area contributed by atoms with Crippen LogP contribution in [0.3, 0.4) is 0 Å². The van der Waals surface area contributed by atoms with Crippen molar-refractivity contribution in [3.05, 3.63) is 48.0 Å². The van der Waals surface area contributed by atoms with Gasteiger partial charge in [0.25, 0.3) is 0 Å². The zero-order chi connectivity index (χ0) is 25.6. The molecule has 9 nitrogen and oxygen atoms in total. The lowest BCUT2D eigenvalue weighted by molar-refractivity contribution is -0.143. The number of aromatic nitrogens is 2. The van der Waals surface area contributed by atoms with Crippen molar-refractivity contribution in [1.82, 2.24) is 9.55 Å². The number of aliphatic carboxylic acids is 1. The van der Waals surface area contributed by atoms with Crippen molar-refractivity contribution in [1.29, 1.82) is 0 Å². The van der Waals surface area contributed by atoms with Crippen LogP contribution in [0.2, 0.25) is 0 Å². The molecule has 5 rings (SSSR count). The standard InChI is InChI=1S/C26H29N3O6S/c1-16-11-12-20-21(28(16)26(32)35-2)13-14-22-23(20)27-25(36(33,34)19-9-4-3-5-10-19)29(22)18-8-6-7-17(15-18)24(30)31/h3-5,9-10,13-14,16-18H,6-8,11-12,15H2,1-2H3,(H,30,31)/t16?,17-,18-/m1/s1. The Bertz CT molecular complexity index is 1430. The van der Waals surface area contributed by atoms with Crippen molar-refractivity contribution in [3.8, 4) is 0 Å². The summed E-state index contributed by atoms with van der Waals surface area (Å²) in [5, 5.41) is 9.58. The molecule has 1 fully saturated rings. The van der Waals surface area contributed by atoms with Gasteiger partial charge in [-0.2, -0.15) is 0 Å². The highest BCUT2D eigenvalue weighted by Crippen LogP contribution is 2.42. The Morgan fingerprint density at radius 3 is 2.53 bits per heavy atom. The minimum atomic E-state index is -3.99. The molecule has 10 heteroatoms. The number of hydrogen-bond donors (Lipinski definition) is 1. The van der Waals surface area contributed by atoms with E-state index in [1.165, 1.54) is 19.2 Å². The third-order valence-corrected chi connectivity index (χ3v) is 9.11. The van der Waals surface area contributed by atoms with Gasteiger partial charge in [0.2, 0.25) is 15.0 Å². The largest absolute Gasteiger partial charge is 0.481 e. The van der Waals surface area contributed by atoms with Gasteiger partial charge in [0.1, 0.15) is 0 Å². The first-order valence-electron chi connectivity index (χ1n) is 12.2. The van der Waals surface area contributed by atoms with Crippen molar-refractivity contribution in [3.63, 3.8) is 0 Å². The third kappa shape index (κ3) is 3.93. The van der Waals surface area contributed by atoms with Crippen molar-refractivity contribution in [2.24, 2.45) is 5.92 Å². The van der Waals surface area contributed by atoms with Crippen molar-refractivity contribution in [2.45, 2.75) is 67.6 Å². The molecule has 190 valence electrons. The van der Waals surface area contributed by atoms with E-state index in [-0.39, 0.29) is 22.1 Å². The van der Waals surface area contributed by atoms with Gasteiger partial charge in [0, 0.05) is 17.6 Å². The second kappa shape index (κ2) is 9.24. The SMILES string of the molecule is COC(=O)N1c2ccc3c(nc(S(=O)(=O)c4ccccc4)n3[C@@H]3CCC[C@@H](C(=O)O)C3)c2CCC1C. The quantitative estimate of drug-likeness (QED) is 0.544. The van der Waals surface area contributed by atoms with E-state index in [4.69, 9.17) is 9.72 Å². The molecule has 3 aromatic rings. The molecule has 1 aliphatic heterocycles. The Kier molecular flexibility index (Phi) is 6.23. The molecule has 2 aliphatic rings. The van der Waals surface area contributed by atoms with E-state index in [2.05, 4.69) is 0 Å². The minimum absolute atomic E-state index is 0.0772. The van der Waals surface area contributed by atoms with Crippen LogP contribution in [-0.2, 0) is 25.8 Å². The predicted molar refractivity (Wildman–Crippen MR) is 133 cm³/mol. The van der Waals surface area contributed by atoms with E-state index in [1.807, 2.05) is 13.0 Å². The Labute approximate surface area is 209 Å². The van der Waals surface area contributed by atoms with E-state index in [0.29, 0.717) is 55.2 Å². The molecule has 0 bridgehead atoms. The number of carboxylic acid groups (broad SMARTS) is 1. The van der Waals surface area contributed by atoms with Crippen LogP contribution in [0.15, 0.2) is 52.5 Å². The van der Waals surface area contributed by atoms with Gasteiger partial charge in [-0.15, -0.1) is 0 Å². The van der Waals surface area contributed by atoms with Crippen LogP contribution in [-0.4, -0.2) is 48.3 Å². The van der Waals surface area contributed by atoms with Crippen molar-refractivity contribution < 1.29 is 27.9 Å². The maximum atomic E-state index is 13.8. The lowest BCUT2D eigenvalue weighted by atomic mass is 9.85. The molecule has 2 aromatic carbocycles. The fourth-order valence-electron chi connectivity index (χ4n) is 5.62. The second-order valence-corrected chi connectivity index (χ2v) is 11.4. The van der Waals surface area contributed by atoms with Gasteiger partial charge in [-0.25, -0.2) is 18.2 Å². The van der Waals surface area contributed by atoms with Crippen LogP contribution < -0.4 is 4.90 Å². The first kappa shape index (κ1) is 24.3. The normalized spacial score (nSPS) is 22.3. The van der Waals surface area contributed by atoms with Crippen LogP contribution in [0.5, 0.6) is 0 Å². The summed E-state index contributed by atoms with van der Waals surface area (Å²) in [4.78, 5) is 30.8. The van der Waals surface area contributed by atoms with E-state index in [0.717, 1.165) is 5.56 Å². The average molecular weight is 512 g/mol. The number of methoxy groups -OCH3 is 1. The molecule has 0 saturated heterocycles. The van der Waals surface area contributed by atoms with Crippen LogP contribution in [0, 0.1) is 5.92 Å². The molecular weight excluding hydrogens is 482 g/mol. The molecule has 1 aliphatic carbocycles. The number of nitrogens with zero attached hydrogens (tertiary/aromatic N) is 3. The number of fused-ring (bicyclic) bond motifs is 3. The van der Waals surface area contributed by atoms with Gasteiger partial charge >= 0.3 is 12.1 Å². The average Bonchev–Trinajstić information content (AvgIpc) is 3.29. The first-order chi connectivity index (χ1) is 17.2. The summed E-state index contributed by atoms with van der Waals surface area (Å²) in [6.07, 6.45) is 3.09. The molecule has 1 aromatic heterocycles. The number of imidazole rings is 1. The van der Waals surface area contributed by atoms with Crippen molar-refractivity contribution in [2.75, 3.05) is 12.0 Å². The molecule has 0 spiro atoms. The summed E-state index contributed by atoms with van der Waals surface area (Å²) >= 11 is 0. The highest BCUT2D eigenvalue weighted by atomic mass is 32.2. The summed E-state index contributed by atoms with van der Waals surface area (Å²) in [7, 11) is -2.65. The Morgan fingerprint density at radius 1 is 1.08 bits per heavy atom. The van der Waals surface area contributed by atoms with Gasteiger partial charge in [0.15, 0.2) is 0 Å². The van der Waals surface area contributed by atoms with Gasteiger partial charge in [-0.3, -0.25) is 9.69 Å².